The number of alkyl halides is 1. The van der Waals surface area contributed by atoms with Gasteiger partial charge in [0.25, 0.3) is 0 Å². The summed E-state index contributed by atoms with van der Waals surface area (Å²) in [6.07, 6.45) is 1.63. The third-order valence-corrected chi connectivity index (χ3v) is 9.40. The Morgan fingerprint density at radius 3 is 1.48 bits per heavy atom. The van der Waals surface area contributed by atoms with Crippen molar-refractivity contribution in [3.63, 3.8) is 0 Å². The monoisotopic (exact) mass is 1160 g/mol. The van der Waals surface area contributed by atoms with Gasteiger partial charge in [0.05, 0.1) is 34.1 Å². The number of phenols is 1. The summed E-state index contributed by atoms with van der Waals surface area (Å²) >= 11 is 11.3. The van der Waals surface area contributed by atoms with Crippen LogP contribution in [0, 0.1) is 51.4 Å². The van der Waals surface area contributed by atoms with E-state index >= 15 is 0 Å². The maximum Gasteiger partial charge on any atom is 0.135 e. The fourth-order valence-corrected chi connectivity index (χ4v) is 6.50. The second-order valence-electron chi connectivity index (χ2n) is 9.18. The van der Waals surface area contributed by atoms with E-state index in [1.54, 1.807) is 19.1 Å². The van der Waals surface area contributed by atoms with E-state index in [-0.39, 0.29) is 36.4 Å². The fraction of sp³-hybridized carbons (Fsp3) is 0.273. The van der Waals surface area contributed by atoms with Gasteiger partial charge < -0.3 is 19.3 Å². The highest BCUT2D eigenvalue weighted by atomic mass is 127. The molecule has 0 unspecified atom stereocenters. The Bertz CT molecular complexity index is 1500. The average molecular weight is 1160 g/mol. The van der Waals surface area contributed by atoms with Crippen LogP contribution < -0.4 is 14.2 Å². The maximum atomic E-state index is 13.2. The van der Waals surface area contributed by atoms with Crippen molar-refractivity contribution >= 4 is 106 Å². The molecule has 4 nitrogen and oxygen atoms in total. The van der Waals surface area contributed by atoms with Gasteiger partial charge in [-0.1, -0.05) is 23.4 Å². The molecule has 0 fully saturated rings. The Labute approximate surface area is 331 Å². The smallest absolute Gasteiger partial charge is 0.135 e. The van der Waals surface area contributed by atoms with Crippen LogP contribution in [0.1, 0.15) is 31.4 Å². The molecule has 0 saturated heterocycles. The number of benzene rings is 4. The molecular formula is C33H33BrF4I4O4. The Morgan fingerprint density at radius 1 is 0.587 bits per heavy atom. The zero-order valence-corrected chi connectivity index (χ0v) is 34.3. The first-order chi connectivity index (χ1) is 21.3. The highest BCUT2D eigenvalue weighted by Gasteiger charge is 2.08. The van der Waals surface area contributed by atoms with Crippen molar-refractivity contribution < 1.29 is 36.9 Å². The van der Waals surface area contributed by atoms with Gasteiger partial charge in [-0.15, -0.1) is 0 Å². The van der Waals surface area contributed by atoms with Crippen LogP contribution in [-0.2, 0) is 0 Å². The quantitative estimate of drug-likeness (QED) is 0.0744. The summed E-state index contributed by atoms with van der Waals surface area (Å²) in [4.78, 5) is 0. The highest BCUT2D eigenvalue weighted by molar-refractivity contribution is 14.1. The summed E-state index contributed by atoms with van der Waals surface area (Å²) < 4.78 is 70.9. The standard InChI is InChI=1S/C16H14F2I2O2.C9H9BrFIO.C7H6FIO.CH4/c1-10-7-12(18)9-14(20)16(10)22-6-2-5-21-15-4-3-11(17)8-13(15)19;10-4-1-5-13-9-3-2-7(11)6-8(9)12;1-4-2-5(8)3-6(9)7(4)10;/h3-4,7-9H,2,5-6H2,1H3;2-3,6H,1,4-5H2;2-3,10H,1H3;1H4. The predicted octanol–water partition coefficient (Wildman–Crippen LogP) is 12.0. The van der Waals surface area contributed by atoms with Crippen molar-refractivity contribution in [2.75, 3.05) is 25.2 Å². The molecule has 0 aliphatic rings. The summed E-state index contributed by atoms with van der Waals surface area (Å²) in [6.45, 7) is 5.09. The zero-order valence-electron chi connectivity index (χ0n) is 24.1. The summed E-state index contributed by atoms with van der Waals surface area (Å²) in [7, 11) is 0. The summed E-state index contributed by atoms with van der Waals surface area (Å²) in [5.41, 5.74) is 1.35. The topological polar surface area (TPSA) is 47.9 Å². The van der Waals surface area contributed by atoms with Crippen LogP contribution in [0.2, 0.25) is 0 Å². The van der Waals surface area contributed by atoms with Crippen LogP contribution in [0.25, 0.3) is 0 Å². The molecule has 13 heteroatoms. The third-order valence-electron chi connectivity index (χ3n) is 5.53. The van der Waals surface area contributed by atoms with Gasteiger partial charge in [0.2, 0.25) is 0 Å². The van der Waals surface area contributed by atoms with Crippen molar-refractivity contribution in [1.29, 1.82) is 0 Å². The van der Waals surface area contributed by atoms with Gasteiger partial charge in [-0.25, -0.2) is 17.6 Å². The first-order valence-corrected chi connectivity index (χ1v) is 18.7. The van der Waals surface area contributed by atoms with Crippen molar-refractivity contribution in [3.05, 3.63) is 109 Å². The molecule has 252 valence electrons. The van der Waals surface area contributed by atoms with E-state index < -0.39 is 0 Å². The van der Waals surface area contributed by atoms with Gasteiger partial charge in [0.1, 0.15) is 46.3 Å². The van der Waals surface area contributed by atoms with Gasteiger partial charge in [0, 0.05) is 11.8 Å². The SMILES string of the molecule is C.Cc1cc(F)cc(I)c1O.Cc1cc(F)cc(I)c1OCCCOc1ccc(F)cc1I.Fc1ccc(OCCCBr)c(I)c1. The normalized spacial score (nSPS) is 10.1. The lowest BCUT2D eigenvalue weighted by Gasteiger charge is -2.12. The first kappa shape index (κ1) is 43.2. The van der Waals surface area contributed by atoms with E-state index in [4.69, 9.17) is 19.3 Å². The Balaban J connectivity index is 0.000000375. The van der Waals surface area contributed by atoms with Crippen LogP contribution in [0.5, 0.6) is 23.0 Å². The molecule has 0 aliphatic carbocycles. The Kier molecular flexibility index (Phi) is 21.4. The lowest BCUT2D eigenvalue weighted by Crippen LogP contribution is -2.07. The number of halogens is 9. The second kappa shape index (κ2) is 22.8. The number of ether oxygens (including phenoxy) is 3. The van der Waals surface area contributed by atoms with Crippen LogP contribution in [0.3, 0.4) is 0 Å². The van der Waals surface area contributed by atoms with Gasteiger partial charge in [-0.3, -0.25) is 0 Å². The average Bonchev–Trinajstić information content (AvgIpc) is 2.95. The van der Waals surface area contributed by atoms with E-state index in [1.807, 2.05) is 52.1 Å². The molecule has 0 amide bonds. The lowest BCUT2D eigenvalue weighted by atomic mass is 10.2. The van der Waals surface area contributed by atoms with E-state index in [0.717, 1.165) is 33.8 Å². The lowest BCUT2D eigenvalue weighted by molar-refractivity contribution is 0.244. The Hall–Kier alpha value is -0.800. The number of rotatable bonds is 10. The Morgan fingerprint density at radius 2 is 1.02 bits per heavy atom. The minimum Gasteiger partial charge on any atom is -0.507 e. The molecule has 0 aliphatic heterocycles. The molecule has 1 N–H and O–H groups in total. The van der Waals surface area contributed by atoms with Crippen LogP contribution in [0.15, 0.2) is 60.7 Å². The van der Waals surface area contributed by atoms with Crippen LogP contribution >= 0.6 is 106 Å². The number of aromatic hydroxyl groups is 1. The molecule has 0 radical (unpaired) electrons. The number of hydrogen-bond donors (Lipinski definition) is 1. The first-order valence-electron chi connectivity index (χ1n) is 13.3. The van der Waals surface area contributed by atoms with Crippen molar-refractivity contribution in [2.45, 2.75) is 34.1 Å². The van der Waals surface area contributed by atoms with Crippen molar-refractivity contribution in [1.82, 2.24) is 0 Å². The third kappa shape index (κ3) is 15.6. The van der Waals surface area contributed by atoms with Gasteiger partial charge in [0.15, 0.2) is 0 Å². The largest absolute Gasteiger partial charge is 0.507 e. The zero-order chi connectivity index (χ0) is 33.5. The highest BCUT2D eigenvalue weighted by Crippen LogP contribution is 2.27. The van der Waals surface area contributed by atoms with Crippen molar-refractivity contribution in [2.24, 2.45) is 0 Å². The summed E-state index contributed by atoms with van der Waals surface area (Å²) in [6, 6.07) is 14.4. The van der Waals surface area contributed by atoms with E-state index in [9.17, 15) is 17.6 Å². The molecule has 0 atom stereocenters. The minimum absolute atomic E-state index is 0. The number of aryl methyl sites for hydroxylation is 2. The second-order valence-corrected chi connectivity index (χ2v) is 14.6. The van der Waals surface area contributed by atoms with E-state index in [2.05, 4.69) is 61.1 Å². The van der Waals surface area contributed by atoms with Gasteiger partial charge >= 0.3 is 0 Å². The molecule has 0 bridgehead atoms. The van der Waals surface area contributed by atoms with E-state index in [0.29, 0.717) is 46.9 Å². The molecule has 46 heavy (non-hydrogen) atoms. The number of hydrogen-bond acceptors (Lipinski definition) is 4. The van der Waals surface area contributed by atoms with Gasteiger partial charge in [-0.05, 0) is 182 Å². The van der Waals surface area contributed by atoms with Gasteiger partial charge in [-0.2, -0.15) is 0 Å². The van der Waals surface area contributed by atoms with Crippen LogP contribution in [-0.4, -0.2) is 30.3 Å². The van der Waals surface area contributed by atoms with Crippen molar-refractivity contribution in [3.8, 4) is 23.0 Å². The summed E-state index contributed by atoms with van der Waals surface area (Å²) in [5.74, 6) is 1.22. The maximum absolute atomic E-state index is 13.2. The molecule has 4 rings (SSSR count). The van der Waals surface area contributed by atoms with Crippen LogP contribution in [0.4, 0.5) is 17.6 Å². The molecular weight excluding hydrogens is 1120 g/mol. The molecule has 0 saturated carbocycles. The summed E-state index contributed by atoms with van der Waals surface area (Å²) in [5, 5.41) is 10.1. The minimum atomic E-state index is -0.306. The van der Waals surface area contributed by atoms with E-state index in [1.165, 1.54) is 48.5 Å². The molecule has 4 aromatic rings. The number of phenolic OH excluding ortho intramolecular Hbond substituents is 1. The fourth-order valence-electron chi connectivity index (χ4n) is 3.40. The molecule has 0 heterocycles. The molecule has 0 spiro atoms. The molecule has 4 aromatic carbocycles. The molecule has 0 aromatic heterocycles. The predicted molar refractivity (Wildman–Crippen MR) is 214 cm³/mol.